The number of oxime groups is 1. The molecule has 0 radical (unpaired) electrons. The van der Waals surface area contributed by atoms with Crippen molar-refractivity contribution < 1.29 is 57.0 Å². The van der Waals surface area contributed by atoms with Crippen molar-refractivity contribution in [2.45, 2.75) is 124 Å². The van der Waals surface area contributed by atoms with E-state index < -0.39 is 64.4 Å². The lowest BCUT2D eigenvalue weighted by atomic mass is 9.98. The van der Waals surface area contributed by atoms with Crippen LogP contribution in [0.1, 0.15) is 111 Å². The van der Waals surface area contributed by atoms with Crippen LogP contribution in [-0.2, 0) is 28.7 Å². The third-order valence-electron chi connectivity index (χ3n) is 8.10. The molecule has 0 unspecified atom stereocenters. The van der Waals surface area contributed by atoms with Crippen molar-refractivity contribution in [3.63, 3.8) is 0 Å². The Morgan fingerprint density at radius 2 is 1.60 bits per heavy atom. The van der Waals surface area contributed by atoms with E-state index in [1.54, 1.807) is 41.5 Å². The molecule has 4 heterocycles. The molecular weight excluding hydrogens is 805 g/mol. The van der Waals surface area contributed by atoms with E-state index in [0.717, 1.165) is 37.0 Å². The van der Waals surface area contributed by atoms with Gasteiger partial charge in [-0.05, 0) is 68.2 Å². The van der Waals surface area contributed by atoms with Crippen LogP contribution in [0.5, 0.6) is 11.5 Å². The van der Waals surface area contributed by atoms with Gasteiger partial charge in [0.1, 0.15) is 22.9 Å². The van der Waals surface area contributed by atoms with Crippen LogP contribution in [0, 0.1) is 5.21 Å². The molecule has 328 valence electrons. The van der Waals surface area contributed by atoms with E-state index >= 15 is 0 Å². The number of carbonyl (C=O) groups excluding carboxylic acids is 5. The first-order valence-electron chi connectivity index (χ1n) is 19.5. The molecule has 0 bridgehead atoms. The lowest BCUT2D eigenvalue weighted by Crippen LogP contribution is -2.72. The van der Waals surface area contributed by atoms with Gasteiger partial charge in [-0.15, -0.1) is 11.3 Å². The first-order chi connectivity index (χ1) is 28.1. The van der Waals surface area contributed by atoms with Crippen molar-refractivity contribution in [2.24, 2.45) is 5.16 Å². The molecule has 60 heavy (non-hydrogen) atoms. The minimum Gasteiger partial charge on any atom is -0.618 e. The summed E-state index contributed by atoms with van der Waals surface area (Å²) in [7, 11) is 0. The van der Waals surface area contributed by atoms with Crippen LogP contribution in [-0.4, -0.2) is 94.3 Å². The van der Waals surface area contributed by atoms with Gasteiger partial charge in [0, 0.05) is 18.0 Å². The molecule has 3 aromatic rings. The highest BCUT2D eigenvalue weighted by Gasteiger charge is 2.42. The number of carbonyl (C=O) groups is 5. The average Bonchev–Trinajstić information content (AvgIpc) is 3.82. The van der Waals surface area contributed by atoms with Crippen LogP contribution < -0.4 is 35.5 Å². The number of hydrogen-bond donors (Lipinski definition) is 4. The van der Waals surface area contributed by atoms with Gasteiger partial charge in [-0.2, -0.15) is 4.73 Å². The Morgan fingerprint density at radius 3 is 2.22 bits per heavy atom. The van der Waals surface area contributed by atoms with Crippen LogP contribution >= 0.6 is 11.3 Å². The van der Waals surface area contributed by atoms with Crippen LogP contribution in [0.2, 0.25) is 0 Å². The van der Waals surface area contributed by atoms with Gasteiger partial charge < -0.3 is 49.5 Å². The minimum atomic E-state index is -1.67. The second kappa shape index (κ2) is 19.8. The van der Waals surface area contributed by atoms with Crippen molar-refractivity contribution in [1.82, 2.24) is 26.1 Å². The van der Waals surface area contributed by atoms with Gasteiger partial charge in [-0.25, -0.2) is 14.6 Å². The molecule has 1 aliphatic heterocycles. The van der Waals surface area contributed by atoms with Crippen LogP contribution in [0.3, 0.4) is 0 Å². The predicted octanol–water partition coefficient (Wildman–Crippen LogP) is 4.39. The van der Waals surface area contributed by atoms with E-state index in [0.29, 0.717) is 23.7 Å². The Balaban J connectivity index is 1.47. The fourth-order valence-electron chi connectivity index (χ4n) is 4.97. The second-order valence-electron chi connectivity index (χ2n) is 16.2. The number of unbranched alkanes of at least 4 members (excludes halogenated alkanes) is 2. The Hall–Kier alpha value is -5.99. The fraction of sp³-hybridized carbons (Fsp3) is 0.564. The Bertz CT molecular complexity index is 2050. The number of rotatable bonds is 19. The summed E-state index contributed by atoms with van der Waals surface area (Å²) in [4.78, 5) is 74.7. The topological polar surface area (TPSA) is 258 Å². The van der Waals surface area contributed by atoms with E-state index in [1.807, 2.05) is 13.8 Å². The summed E-state index contributed by atoms with van der Waals surface area (Å²) in [6, 6.07) is 0.807. The Morgan fingerprint density at radius 1 is 0.950 bits per heavy atom. The Kier molecular flexibility index (Phi) is 15.4. The number of nitrogens with zero attached hydrogens (tertiary/aromatic N) is 4. The predicted molar refractivity (Wildman–Crippen MR) is 217 cm³/mol. The molecule has 4 amide bonds. The number of ether oxygens (including phenoxy) is 4. The molecule has 4 rings (SSSR count). The number of pyridine rings is 1. The number of amides is 4. The number of nitrogens with one attached hydrogen (secondary N) is 4. The van der Waals surface area contributed by atoms with Crippen molar-refractivity contribution in [1.29, 1.82) is 0 Å². The van der Waals surface area contributed by atoms with Gasteiger partial charge in [0.05, 0.1) is 25.3 Å². The van der Waals surface area contributed by atoms with Crippen molar-refractivity contribution >= 4 is 52.0 Å². The standard InChI is InChI=1S/C39H54N8O12S/c1-11-13-15-54-27-18-25(47(53)20-28(27)55-16-14-12-2)26-17-22(45-58-26)31(48)40-19-23-29(32(49)41-23)43-33(50)30(46-59-39(9,10)34(51)56-37(3,4)5)24-21-60-35(42-24)44-36(52)57-38(6,7)8/h17-18,20-21,23,29H,11-16,19H2,1-10H3,(H,40,48)(H,41,49)(H,43,50)(H,42,44,52)/b46-30-/t23-,29+/m1/s1. The van der Waals surface area contributed by atoms with E-state index in [-0.39, 0.29) is 40.3 Å². The SMILES string of the molecule is CCCCOc1cc(-c2cc(C(=O)NC[C@H]3NC(=O)[C@H]3NC(=O)/C(=N\OC(C)(C)C(=O)OC(C)(C)C)c3csc(NC(=O)OC(C)(C)C)n3)no2)[n+]([O-])cc1OCCCC. The molecule has 20 nitrogen and oxygen atoms in total. The lowest BCUT2D eigenvalue weighted by molar-refractivity contribution is -0.594. The number of thiazole rings is 1. The molecule has 0 aliphatic carbocycles. The highest BCUT2D eigenvalue weighted by atomic mass is 32.1. The number of β-lactam (4-membered cyclic amide) rings is 1. The molecular formula is C39H54N8O12S. The molecule has 1 saturated heterocycles. The third-order valence-corrected chi connectivity index (χ3v) is 8.85. The van der Waals surface area contributed by atoms with E-state index in [2.05, 4.69) is 36.6 Å². The van der Waals surface area contributed by atoms with Gasteiger partial charge in [0.25, 0.3) is 17.5 Å². The maximum absolute atomic E-state index is 13.8. The molecule has 21 heteroatoms. The first-order valence-corrected chi connectivity index (χ1v) is 20.3. The summed E-state index contributed by atoms with van der Waals surface area (Å²) < 4.78 is 28.3. The fourth-order valence-corrected chi connectivity index (χ4v) is 5.65. The molecule has 2 atom stereocenters. The summed E-state index contributed by atoms with van der Waals surface area (Å²) in [5, 5.41) is 32.6. The monoisotopic (exact) mass is 858 g/mol. The highest BCUT2D eigenvalue weighted by Crippen LogP contribution is 2.31. The summed E-state index contributed by atoms with van der Waals surface area (Å²) in [5.41, 5.74) is -3.93. The summed E-state index contributed by atoms with van der Waals surface area (Å²) in [6.45, 7) is 17.6. The van der Waals surface area contributed by atoms with Crippen molar-refractivity contribution in [3.05, 3.63) is 40.3 Å². The smallest absolute Gasteiger partial charge is 0.413 e. The van der Waals surface area contributed by atoms with Crippen LogP contribution in [0.25, 0.3) is 11.5 Å². The molecule has 1 fully saturated rings. The average molecular weight is 859 g/mol. The molecule has 0 saturated carbocycles. The lowest BCUT2D eigenvalue weighted by Gasteiger charge is -2.37. The maximum atomic E-state index is 13.8. The van der Waals surface area contributed by atoms with Gasteiger partial charge >= 0.3 is 12.1 Å². The number of hydrogen-bond acceptors (Lipinski definition) is 16. The minimum absolute atomic E-state index is 0.00643. The summed E-state index contributed by atoms with van der Waals surface area (Å²) in [5.74, 6) is -2.33. The van der Waals surface area contributed by atoms with E-state index in [4.69, 9.17) is 28.3 Å². The zero-order valence-corrected chi connectivity index (χ0v) is 36.3. The molecule has 3 aromatic heterocycles. The molecule has 0 aromatic carbocycles. The van der Waals surface area contributed by atoms with Gasteiger partial charge in [0.15, 0.2) is 22.3 Å². The number of anilines is 1. The van der Waals surface area contributed by atoms with Gasteiger partial charge in [-0.3, -0.25) is 19.7 Å². The number of aromatic nitrogens is 3. The molecule has 1 aliphatic rings. The van der Waals surface area contributed by atoms with E-state index in [9.17, 15) is 29.2 Å². The molecule has 0 spiro atoms. The first kappa shape index (κ1) is 46.7. The largest absolute Gasteiger partial charge is 0.618 e. The summed E-state index contributed by atoms with van der Waals surface area (Å²) in [6.07, 6.45) is 3.83. The highest BCUT2D eigenvalue weighted by molar-refractivity contribution is 7.14. The third kappa shape index (κ3) is 13.3. The Labute approximate surface area is 351 Å². The molecule has 4 N–H and O–H groups in total. The normalized spacial score (nSPS) is 15.6. The van der Waals surface area contributed by atoms with Crippen molar-refractivity contribution in [3.8, 4) is 23.0 Å². The second-order valence-corrected chi connectivity index (χ2v) is 17.0. The van der Waals surface area contributed by atoms with Crippen LogP contribution in [0.15, 0.2) is 33.4 Å². The zero-order valence-electron chi connectivity index (χ0n) is 35.5. The summed E-state index contributed by atoms with van der Waals surface area (Å²) >= 11 is 0.954. The van der Waals surface area contributed by atoms with Crippen LogP contribution in [0.4, 0.5) is 9.93 Å². The quantitative estimate of drug-likeness (QED) is 0.0248. The zero-order chi connectivity index (χ0) is 44.4. The van der Waals surface area contributed by atoms with Gasteiger partial charge in [0.2, 0.25) is 29.2 Å². The number of esters is 1. The van der Waals surface area contributed by atoms with Gasteiger partial charge in [-0.1, -0.05) is 37.0 Å². The van der Waals surface area contributed by atoms with Crippen molar-refractivity contribution in [2.75, 3.05) is 25.1 Å². The van der Waals surface area contributed by atoms with E-state index in [1.165, 1.54) is 37.6 Å². The maximum Gasteiger partial charge on any atom is 0.413 e.